The molecule has 0 spiro atoms. The second kappa shape index (κ2) is 5.27. The lowest BCUT2D eigenvalue weighted by Gasteiger charge is -2.12. The molecule has 0 bridgehead atoms. The van der Waals surface area contributed by atoms with Crippen molar-refractivity contribution in [1.29, 1.82) is 0 Å². The van der Waals surface area contributed by atoms with Gasteiger partial charge in [0.25, 0.3) is 0 Å². The summed E-state index contributed by atoms with van der Waals surface area (Å²) in [5.41, 5.74) is 0.776. The van der Waals surface area contributed by atoms with Crippen molar-refractivity contribution in [1.82, 2.24) is 14.9 Å². The van der Waals surface area contributed by atoms with Crippen LogP contribution in [0.3, 0.4) is 0 Å². The lowest BCUT2D eigenvalue weighted by molar-refractivity contribution is 0.173. The van der Waals surface area contributed by atoms with E-state index in [1.54, 1.807) is 6.20 Å². The molecule has 0 radical (unpaired) electrons. The van der Waals surface area contributed by atoms with Crippen molar-refractivity contribution < 1.29 is 9.90 Å². The van der Waals surface area contributed by atoms with Crippen LogP contribution in [0.1, 0.15) is 11.7 Å². The van der Waals surface area contributed by atoms with Crippen molar-refractivity contribution in [2.45, 2.75) is 6.10 Å². The average molecular weight is 231 g/mol. The summed E-state index contributed by atoms with van der Waals surface area (Å²) < 4.78 is 1.32. The van der Waals surface area contributed by atoms with Crippen LogP contribution in [0.25, 0.3) is 0 Å². The van der Waals surface area contributed by atoms with E-state index in [1.807, 2.05) is 30.3 Å². The van der Waals surface area contributed by atoms with Crippen molar-refractivity contribution in [2.75, 3.05) is 6.54 Å². The number of hydrogen-bond donors (Lipinski definition) is 2. The first-order chi connectivity index (χ1) is 8.27. The Labute approximate surface area is 98.7 Å². The molecule has 1 aromatic carbocycles. The van der Waals surface area contributed by atoms with Crippen LogP contribution in [0, 0.1) is 0 Å². The lowest BCUT2D eigenvalue weighted by atomic mass is 10.1. The zero-order valence-corrected chi connectivity index (χ0v) is 9.15. The minimum absolute atomic E-state index is 0.168. The Balaban J connectivity index is 1.89. The number of amides is 1. The fourth-order valence-electron chi connectivity index (χ4n) is 1.45. The maximum absolute atomic E-state index is 11.5. The number of rotatable bonds is 3. The van der Waals surface area contributed by atoms with Crippen LogP contribution >= 0.6 is 0 Å². The van der Waals surface area contributed by atoms with Crippen molar-refractivity contribution in [3.63, 3.8) is 0 Å². The second-order valence-electron chi connectivity index (χ2n) is 3.58. The molecule has 88 valence electrons. The van der Waals surface area contributed by atoms with Crippen LogP contribution in [0.2, 0.25) is 0 Å². The summed E-state index contributed by atoms with van der Waals surface area (Å²) in [5.74, 6) is 0. The highest BCUT2D eigenvalue weighted by Crippen LogP contribution is 2.10. The van der Waals surface area contributed by atoms with Crippen LogP contribution in [0.5, 0.6) is 0 Å². The van der Waals surface area contributed by atoms with Crippen LogP contribution in [-0.4, -0.2) is 27.2 Å². The highest BCUT2D eigenvalue weighted by atomic mass is 16.3. The Bertz CT molecular complexity index is 468. The standard InChI is InChI=1S/C12H13N3O2/c16-11(10-4-2-1-3-5-10)8-14-12(17)15-7-6-13-9-15/h1-7,9,11,16H,8H2,(H,14,17). The van der Waals surface area contributed by atoms with Gasteiger partial charge < -0.3 is 10.4 Å². The van der Waals surface area contributed by atoms with Gasteiger partial charge >= 0.3 is 6.03 Å². The summed E-state index contributed by atoms with van der Waals surface area (Å²) in [5, 5.41) is 12.4. The molecular weight excluding hydrogens is 218 g/mol. The number of aliphatic hydroxyl groups is 1. The zero-order chi connectivity index (χ0) is 12.1. The monoisotopic (exact) mass is 231 g/mol. The number of hydrogen-bond acceptors (Lipinski definition) is 3. The zero-order valence-electron chi connectivity index (χ0n) is 9.15. The smallest absolute Gasteiger partial charge is 0.326 e. The predicted molar refractivity (Wildman–Crippen MR) is 62.4 cm³/mol. The van der Waals surface area contributed by atoms with Gasteiger partial charge in [0.2, 0.25) is 0 Å². The van der Waals surface area contributed by atoms with Gasteiger partial charge in [0.1, 0.15) is 6.33 Å². The van der Waals surface area contributed by atoms with Gasteiger partial charge in [0.05, 0.1) is 6.10 Å². The van der Waals surface area contributed by atoms with Crippen molar-refractivity contribution >= 4 is 6.03 Å². The number of nitrogens with one attached hydrogen (secondary N) is 1. The number of carbonyl (C=O) groups is 1. The third-order valence-corrected chi connectivity index (χ3v) is 2.37. The van der Waals surface area contributed by atoms with E-state index in [9.17, 15) is 9.90 Å². The first-order valence-corrected chi connectivity index (χ1v) is 5.26. The molecule has 1 heterocycles. The van der Waals surface area contributed by atoms with Crippen LogP contribution in [0.15, 0.2) is 49.1 Å². The number of imidazole rings is 1. The minimum Gasteiger partial charge on any atom is -0.387 e. The predicted octanol–water partition coefficient (Wildman–Crippen LogP) is 1.17. The van der Waals surface area contributed by atoms with E-state index in [0.29, 0.717) is 0 Å². The van der Waals surface area contributed by atoms with Gasteiger partial charge in [-0.05, 0) is 5.56 Å². The fraction of sp³-hybridized carbons (Fsp3) is 0.167. The summed E-state index contributed by atoms with van der Waals surface area (Å²) in [6.45, 7) is 0.168. The third-order valence-electron chi connectivity index (χ3n) is 2.37. The van der Waals surface area contributed by atoms with Gasteiger partial charge in [-0.3, -0.25) is 4.57 Å². The first kappa shape index (κ1) is 11.3. The van der Waals surface area contributed by atoms with Crippen LogP contribution in [-0.2, 0) is 0 Å². The number of aromatic nitrogens is 2. The number of nitrogens with zero attached hydrogens (tertiary/aromatic N) is 2. The maximum atomic E-state index is 11.5. The second-order valence-corrected chi connectivity index (χ2v) is 3.58. The summed E-state index contributed by atoms with van der Waals surface area (Å²) in [6.07, 6.45) is 3.77. The Morgan fingerprint density at radius 2 is 2.18 bits per heavy atom. The molecule has 1 amide bonds. The molecule has 2 N–H and O–H groups in total. The highest BCUT2D eigenvalue weighted by Gasteiger charge is 2.09. The molecule has 1 aromatic heterocycles. The maximum Gasteiger partial charge on any atom is 0.326 e. The van der Waals surface area contributed by atoms with Crippen LogP contribution in [0.4, 0.5) is 4.79 Å². The van der Waals surface area contributed by atoms with Gasteiger partial charge in [0.15, 0.2) is 0 Å². The topological polar surface area (TPSA) is 67.2 Å². The molecule has 1 unspecified atom stereocenters. The molecule has 0 saturated heterocycles. The van der Waals surface area contributed by atoms with Gasteiger partial charge in [0, 0.05) is 18.9 Å². The van der Waals surface area contributed by atoms with Crippen molar-refractivity contribution in [2.24, 2.45) is 0 Å². The Morgan fingerprint density at radius 3 is 2.82 bits per heavy atom. The normalized spacial score (nSPS) is 12.1. The molecule has 0 saturated carbocycles. The molecule has 0 aliphatic rings. The summed E-state index contributed by atoms with van der Waals surface area (Å²) in [6, 6.07) is 8.88. The largest absolute Gasteiger partial charge is 0.387 e. The SMILES string of the molecule is O=C(NCC(O)c1ccccc1)n1ccnc1. The molecule has 0 fully saturated rings. The van der Waals surface area contributed by atoms with E-state index in [-0.39, 0.29) is 12.6 Å². The number of aliphatic hydroxyl groups excluding tert-OH is 1. The fourth-order valence-corrected chi connectivity index (χ4v) is 1.45. The lowest BCUT2D eigenvalue weighted by Crippen LogP contribution is -2.31. The minimum atomic E-state index is -0.705. The molecule has 17 heavy (non-hydrogen) atoms. The third kappa shape index (κ3) is 2.92. The summed E-state index contributed by atoms with van der Waals surface area (Å²) in [4.78, 5) is 15.3. The molecular formula is C12H13N3O2. The summed E-state index contributed by atoms with van der Waals surface area (Å²) >= 11 is 0. The molecule has 1 atom stereocenters. The molecule has 5 nitrogen and oxygen atoms in total. The van der Waals surface area contributed by atoms with Crippen molar-refractivity contribution in [3.8, 4) is 0 Å². The van der Waals surface area contributed by atoms with E-state index < -0.39 is 6.10 Å². The quantitative estimate of drug-likeness (QED) is 0.833. The van der Waals surface area contributed by atoms with E-state index in [1.165, 1.54) is 17.1 Å². The van der Waals surface area contributed by atoms with Crippen LogP contribution < -0.4 is 5.32 Å². The average Bonchev–Trinajstić information content (AvgIpc) is 2.90. The van der Waals surface area contributed by atoms with E-state index in [2.05, 4.69) is 10.3 Å². The van der Waals surface area contributed by atoms with Gasteiger partial charge in [-0.25, -0.2) is 9.78 Å². The van der Waals surface area contributed by atoms with Gasteiger partial charge in [-0.2, -0.15) is 0 Å². The Kier molecular flexibility index (Phi) is 3.52. The Morgan fingerprint density at radius 1 is 1.41 bits per heavy atom. The van der Waals surface area contributed by atoms with Gasteiger partial charge in [-0.15, -0.1) is 0 Å². The molecule has 0 aliphatic heterocycles. The van der Waals surface area contributed by atoms with E-state index in [0.717, 1.165) is 5.56 Å². The number of benzene rings is 1. The van der Waals surface area contributed by atoms with E-state index in [4.69, 9.17) is 0 Å². The molecule has 0 aliphatic carbocycles. The van der Waals surface area contributed by atoms with Gasteiger partial charge in [-0.1, -0.05) is 30.3 Å². The van der Waals surface area contributed by atoms with E-state index >= 15 is 0 Å². The molecule has 2 rings (SSSR count). The Hall–Kier alpha value is -2.14. The van der Waals surface area contributed by atoms with Crippen molar-refractivity contribution in [3.05, 3.63) is 54.6 Å². The first-order valence-electron chi connectivity index (χ1n) is 5.26. The highest BCUT2D eigenvalue weighted by molar-refractivity contribution is 5.76. The molecule has 5 heteroatoms. The number of carbonyl (C=O) groups excluding carboxylic acids is 1. The summed E-state index contributed by atoms with van der Waals surface area (Å²) in [7, 11) is 0. The molecule has 2 aromatic rings.